The molecule has 4 heteroatoms. The first kappa shape index (κ1) is 20.4. The fourth-order valence-electron chi connectivity index (χ4n) is 8.61. The number of ketones is 1. The molecule has 0 aromatic rings. The second-order valence-electron chi connectivity index (χ2n) is 11.2. The summed E-state index contributed by atoms with van der Waals surface area (Å²) in [6, 6.07) is -0.819. The molecule has 0 saturated heterocycles. The number of hydrogen-bond donors (Lipinski definition) is 2. The number of carboxylic acid groups (broad SMARTS) is 1. The van der Waals surface area contributed by atoms with Crippen molar-refractivity contribution in [2.24, 2.45) is 52.1 Å². The smallest absolute Gasteiger partial charge is 0.320 e. The van der Waals surface area contributed by atoms with Crippen molar-refractivity contribution >= 4 is 11.8 Å². The quantitative estimate of drug-likeness (QED) is 0.733. The van der Waals surface area contributed by atoms with Gasteiger partial charge in [-0.05, 0) is 85.9 Å². The van der Waals surface area contributed by atoms with Crippen LogP contribution in [0.5, 0.6) is 0 Å². The third-order valence-electron chi connectivity index (χ3n) is 10.1. The summed E-state index contributed by atoms with van der Waals surface area (Å²) in [6.45, 7) is 6.86. The van der Waals surface area contributed by atoms with Crippen LogP contribution >= 0.6 is 0 Å². The van der Waals surface area contributed by atoms with E-state index in [-0.39, 0.29) is 17.3 Å². The Kier molecular flexibility index (Phi) is 5.17. The van der Waals surface area contributed by atoms with E-state index in [9.17, 15) is 14.7 Å². The Hall–Kier alpha value is -0.900. The van der Waals surface area contributed by atoms with Crippen LogP contribution in [0.15, 0.2) is 0 Å². The lowest BCUT2D eigenvalue weighted by molar-refractivity contribution is -0.157. The minimum Gasteiger partial charge on any atom is -0.480 e. The van der Waals surface area contributed by atoms with E-state index in [1.54, 1.807) is 0 Å². The van der Waals surface area contributed by atoms with Gasteiger partial charge >= 0.3 is 5.97 Å². The third kappa shape index (κ3) is 2.88. The van der Waals surface area contributed by atoms with Crippen LogP contribution in [0, 0.1) is 46.3 Å². The maximum atomic E-state index is 13.7. The number of nitrogens with two attached hydrogens (primary N) is 1. The van der Waals surface area contributed by atoms with Crippen LogP contribution in [0.3, 0.4) is 0 Å². The summed E-state index contributed by atoms with van der Waals surface area (Å²) in [5.41, 5.74) is 5.94. The van der Waals surface area contributed by atoms with E-state index in [2.05, 4.69) is 20.8 Å². The lowest BCUT2D eigenvalue weighted by Crippen LogP contribution is -2.56. The molecule has 0 aromatic carbocycles. The second kappa shape index (κ2) is 7.11. The average Bonchev–Trinajstić information content (AvgIpc) is 3.01. The molecular formula is C24H39NO3. The minimum absolute atomic E-state index is 0.184. The molecule has 4 aliphatic carbocycles. The van der Waals surface area contributed by atoms with Crippen LogP contribution in [-0.4, -0.2) is 22.9 Å². The van der Waals surface area contributed by atoms with E-state index < -0.39 is 12.0 Å². The highest BCUT2D eigenvalue weighted by Crippen LogP contribution is 2.67. The van der Waals surface area contributed by atoms with E-state index in [1.165, 1.54) is 38.5 Å². The van der Waals surface area contributed by atoms with Crippen molar-refractivity contribution in [2.75, 3.05) is 0 Å². The van der Waals surface area contributed by atoms with Gasteiger partial charge in [-0.3, -0.25) is 9.59 Å². The highest BCUT2D eigenvalue weighted by Gasteiger charge is 2.63. The summed E-state index contributed by atoms with van der Waals surface area (Å²) in [7, 11) is 0. The molecule has 4 fully saturated rings. The Balaban J connectivity index is 1.58. The van der Waals surface area contributed by atoms with Crippen molar-refractivity contribution in [3.8, 4) is 0 Å². The topological polar surface area (TPSA) is 80.4 Å². The normalized spacial score (nSPS) is 47.6. The number of rotatable bonds is 4. The van der Waals surface area contributed by atoms with Crippen molar-refractivity contribution < 1.29 is 14.7 Å². The summed E-state index contributed by atoms with van der Waals surface area (Å²) < 4.78 is 0. The first-order valence-electron chi connectivity index (χ1n) is 11.7. The maximum absolute atomic E-state index is 13.7. The first-order valence-corrected chi connectivity index (χ1v) is 11.7. The molecule has 4 nitrogen and oxygen atoms in total. The van der Waals surface area contributed by atoms with Crippen LogP contribution < -0.4 is 5.73 Å². The lowest BCUT2D eigenvalue weighted by atomic mass is 9.44. The molecule has 0 heterocycles. The van der Waals surface area contributed by atoms with Crippen LogP contribution in [-0.2, 0) is 9.59 Å². The van der Waals surface area contributed by atoms with Crippen LogP contribution in [0.4, 0.5) is 0 Å². The molecule has 3 N–H and O–H groups in total. The zero-order valence-electron chi connectivity index (χ0n) is 18.0. The summed E-state index contributed by atoms with van der Waals surface area (Å²) >= 11 is 0. The summed E-state index contributed by atoms with van der Waals surface area (Å²) in [6.07, 6.45) is 11.5. The number of carbonyl (C=O) groups excluding carboxylic acids is 1. The number of hydrogen-bond acceptors (Lipinski definition) is 3. The molecule has 158 valence electrons. The highest BCUT2D eigenvalue weighted by molar-refractivity contribution is 5.87. The van der Waals surface area contributed by atoms with E-state index >= 15 is 0 Å². The molecule has 9 atom stereocenters. The standard InChI is InChI=1S/C24H39NO3/c1-14(12-20(25)22(27)28)17-9-10-18-16-8-7-15-6-4-5-11-23(15,2)19(16)13-21(26)24(17,18)3/h14-20H,4-13,25H2,1-3H3,(H,27,28)/t14-,15?,16+,17-,18+,19+,20?,23+,24-/m1/s1. The van der Waals surface area contributed by atoms with Crippen LogP contribution in [0.25, 0.3) is 0 Å². The molecule has 0 bridgehead atoms. The number of aliphatic carboxylic acids is 1. The van der Waals surface area contributed by atoms with Crippen LogP contribution in [0.1, 0.15) is 85.0 Å². The molecule has 0 spiro atoms. The zero-order valence-corrected chi connectivity index (χ0v) is 18.0. The van der Waals surface area contributed by atoms with Gasteiger partial charge in [0.25, 0.3) is 0 Å². The van der Waals surface area contributed by atoms with Crippen molar-refractivity contribution in [1.82, 2.24) is 0 Å². The van der Waals surface area contributed by atoms with Gasteiger partial charge in [-0.2, -0.15) is 0 Å². The van der Waals surface area contributed by atoms with Gasteiger partial charge in [-0.25, -0.2) is 0 Å². The molecule has 0 radical (unpaired) electrons. The van der Waals surface area contributed by atoms with Gasteiger partial charge in [-0.1, -0.05) is 33.6 Å². The van der Waals surface area contributed by atoms with Crippen LogP contribution in [0.2, 0.25) is 0 Å². The molecule has 0 aromatic heterocycles. The Morgan fingerprint density at radius 2 is 1.89 bits per heavy atom. The van der Waals surface area contributed by atoms with Gasteiger partial charge in [0.15, 0.2) is 0 Å². The van der Waals surface area contributed by atoms with Crippen molar-refractivity contribution in [3.63, 3.8) is 0 Å². The molecule has 4 rings (SSSR count). The third-order valence-corrected chi connectivity index (χ3v) is 10.1. The number of fused-ring (bicyclic) bond motifs is 5. The molecular weight excluding hydrogens is 350 g/mol. The van der Waals surface area contributed by atoms with Gasteiger partial charge in [0.1, 0.15) is 11.8 Å². The monoisotopic (exact) mass is 389 g/mol. The van der Waals surface area contributed by atoms with E-state index in [4.69, 9.17) is 5.73 Å². The predicted octanol–water partition coefficient (Wildman–Crippen LogP) is 4.65. The number of Topliss-reactive ketones (excluding diaryl/α,β-unsaturated/α-hetero) is 1. The van der Waals surface area contributed by atoms with Gasteiger partial charge in [0.05, 0.1) is 0 Å². The second-order valence-corrected chi connectivity index (χ2v) is 11.2. The molecule has 2 unspecified atom stereocenters. The summed E-state index contributed by atoms with van der Waals surface area (Å²) in [5.74, 6) is 2.60. The maximum Gasteiger partial charge on any atom is 0.320 e. The zero-order chi connectivity index (χ0) is 20.3. The average molecular weight is 390 g/mol. The summed E-state index contributed by atoms with van der Waals surface area (Å²) in [5, 5.41) is 9.22. The highest BCUT2D eigenvalue weighted by atomic mass is 16.4. The van der Waals surface area contributed by atoms with Gasteiger partial charge in [-0.15, -0.1) is 0 Å². The van der Waals surface area contributed by atoms with Crippen molar-refractivity contribution in [1.29, 1.82) is 0 Å². The fourth-order valence-corrected chi connectivity index (χ4v) is 8.61. The number of carboxylic acids is 1. The van der Waals surface area contributed by atoms with E-state index in [0.29, 0.717) is 35.4 Å². The Morgan fingerprint density at radius 1 is 1.14 bits per heavy atom. The summed E-state index contributed by atoms with van der Waals surface area (Å²) in [4.78, 5) is 24.9. The predicted molar refractivity (Wildman–Crippen MR) is 110 cm³/mol. The fraction of sp³-hybridized carbons (Fsp3) is 0.917. The minimum atomic E-state index is -0.926. The molecule has 28 heavy (non-hydrogen) atoms. The van der Waals surface area contributed by atoms with Gasteiger partial charge < -0.3 is 10.8 Å². The molecule has 0 amide bonds. The lowest BCUT2D eigenvalue weighted by Gasteiger charge is -2.60. The van der Waals surface area contributed by atoms with Gasteiger partial charge in [0, 0.05) is 11.8 Å². The SMILES string of the molecule is C[C@H](CC(N)C(=O)O)[C@H]1CC[C@H]2[C@@H]3CCC4CCCC[C@]4(C)[C@H]3CC(=O)[C@]12C. The van der Waals surface area contributed by atoms with E-state index in [0.717, 1.165) is 25.2 Å². The van der Waals surface area contributed by atoms with Crippen molar-refractivity contribution in [3.05, 3.63) is 0 Å². The largest absolute Gasteiger partial charge is 0.480 e. The first-order chi connectivity index (χ1) is 13.2. The molecule has 4 aliphatic rings. The molecule has 0 aliphatic heterocycles. The molecule has 4 saturated carbocycles. The number of carbonyl (C=O) groups is 2. The Labute approximate surface area is 170 Å². The van der Waals surface area contributed by atoms with Crippen molar-refractivity contribution in [2.45, 2.75) is 91.0 Å². The van der Waals surface area contributed by atoms with Gasteiger partial charge in [0.2, 0.25) is 0 Å². The Morgan fingerprint density at radius 3 is 2.61 bits per heavy atom. The van der Waals surface area contributed by atoms with E-state index in [1.807, 2.05) is 0 Å². The Bertz CT molecular complexity index is 648.